The molecule has 1 aliphatic rings. The van der Waals surface area contributed by atoms with Crippen LogP contribution in [0.1, 0.15) is 42.6 Å². The minimum absolute atomic E-state index is 0.00116. The lowest BCUT2D eigenvalue weighted by molar-refractivity contribution is 0.103. The molecule has 1 aromatic rings. The van der Waals surface area contributed by atoms with Crippen LogP contribution in [0.15, 0.2) is 17.8 Å². The van der Waals surface area contributed by atoms with E-state index in [0.717, 1.165) is 12.8 Å². The molecule has 17 heavy (non-hydrogen) atoms. The van der Waals surface area contributed by atoms with Gasteiger partial charge in [0.25, 0.3) is 0 Å². The van der Waals surface area contributed by atoms with Gasteiger partial charge < -0.3 is 4.74 Å². The van der Waals surface area contributed by atoms with E-state index >= 15 is 0 Å². The first-order valence-corrected chi connectivity index (χ1v) is 6.02. The standard InChI is InChI=1S/C13H18N2O2/c1-15-13(12(17-2)9-14-15)11(16)8-10-6-4-3-5-7-10/h8-9H,3-7H2,1-2H3. The Morgan fingerprint density at radius 1 is 1.41 bits per heavy atom. The molecule has 0 aliphatic heterocycles. The van der Waals surface area contributed by atoms with Crippen LogP contribution in [0, 0.1) is 0 Å². The first-order chi connectivity index (χ1) is 8.22. The van der Waals surface area contributed by atoms with E-state index in [1.54, 1.807) is 31.1 Å². The van der Waals surface area contributed by atoms with Gasteiger partial charge in [0.15, 0.2) is 11.4 Å². The predicted octanol–water partition coefficient (Wildman–Crippen LogP) is 2.50. The van der Waals surface area contributed by atoms with Gasteiger partial charge in [-0.3, -0.25) is 9.48 Å². The maximum atomic E-state index is 12.2. The third-order valence-electron chi connectivity index (χ3n) is 3.19. The van der Waals surface area contributed by atoms with Crippen molar-refractivity contribution in [3.05, 3.63) is 23.5 Å². The molecule has 0 N–H and O–H groups in total. The molecule has 92 valence electrons. The lowest BCUT2D eigenvalue weighted by Crippen LogP contribution is -2.07. The summed E-state index contributed by atoms with van der Waals surface area (Å²) in [5.41, 5.74) is 1.79. The molecule has 0 atom stereocenters. The highest BCUT2D eigenvalue weighted by Crippen LogP contribution is 2.24. The number of hydrogen-bond donors (Lipinski definition) is 0. The van der Waals surface area contributed by atoms with E-state index in [1.165, 1.54) is 24.8 Å². The molecule has 0 bridgehead atoms. The Labute approximate surface area is 101 Å². The summed E-state index contributed by atoms with van der Waals surface area (Å²) in [5, 5.41) is 4.04. The van der Waals surface area contributed by atoms with Gasteiger partial charge in [0.05, 0.1) is 13.3 Å². The summed E-state index contributed by atoms with van der Waals surface area (Å²) in [6, 6.07) is 0. The van der Waals surface area contributed by atoms with Gasteiger partial charge in [-0.2, -0.15) is 5.10 Å². The average Bonchev–Trinajstić information content (AvgIpc) is 2.71. The van der Waals surface area contributed by atoms with Crippen molar-refractivity contribution in [2.24, 2.45) is 7.05 Å². The molecule has 4 heteroatoms. The van der Waals surface area contributed by atoms with Crippen molar-refractivity contribution in [2.75, 3.05) is 7.11 Å². The van der Waals surface area contributed by atoms with Crippen LogP contribution in [-0.4, -0.2) is 22.7 Å². The van der Waals surface area contributed by atoms with Crippen LogP contribution in [0.3, 0.4) is 0 Å². The molecule has 0 saturated heterocycles. The van der Waals surface area contributed by atoms with Gasteiger partial charge in [-0.05, 0) is 31.8 Å². The van der Waals surface area contributed by atoms with Crippen molar-refractivity contribution in [1.29, 1.82) is 0 Å². The number of allylic oxidation sites excluding steroid dienone is 2. The molecule has 2 rings (SSSR count). The van der Waals surface area contributed by atoms with Crippen molar-refractivity contribution in [1.82, 2.24) is 9.78 Å². The number of methoxy groups -OCH3 is 1. The van der Waals surface area contributed by atoms with E-state index < -0.39 is 0 Å². The lowest BCUT2D eigenvalue weighted by atomic mass is 9.94. The number of nitrogens with zero attached hydrogens (tertiary/aromatic N) is 2. The molecular weight excluding hydrogens is 216 g/mol. The van der Waals surface area contributed by atoms with Crippen LogP contribution in [0.5, 0.6) is 5.75 Å². The zero-order valence-corrected chi connectivity index (χ0v) is 10.4. The van der Waals surface area contributed by atoms with Crippen LogP contribution in [-0.2, 0) is 7.05 Å². The molecule has 0 aromatic carbocycles. The fourth-order valence-corrected chi connectivity index (χ4v) is 2.25. The normalized spacial score (nSPS) is 15.8. The van der Waals surface area contributed by atoms with Crippen LogP contribution in [0.4, 0.5) is 0 Å². The minimum atomic E-state index is -0.00116. The first kappa shape index (κ1) is 11.9. The predicted molar refractivity (Wildman–Crippen MR) is 65.3 cm³/mol. The van der Waals surface area contributed by atoms with Gasteiger partial charge in [-0.1, -0.05) is 12.0 Å². The highest BCUT2D eigenvalue weighted by Gasteiger charge is 2.17. The SMILES string of the molecule is COc1cnn(C)c1C(=O)C=C1CCCCC1. The molecule has 0 amide bonds. The second kappa shape index (κ2) is 5.17. The van der Waals surface area contributed by atoms with Crippen LogP contribution in [0.2, 0.25) is 0 Å². The number of carbonyl (C=O) groups is 1. The van der Waals surface area contributed by atoms with Crippen molar-refractivity contribution >= 4 is 5.78 Å². The second-order valence-electron chi connectivity index (χ2n) is 4.41. The Balaban J connectivity index is 2.21. The van der Waals surface area contributed by atoms with Gasteiger partial charge in [-0.15, -0.1) is 0 Å². The van der Waals surface area contributed by atoms with Crippen molar-refractivity contribution < 1.29 is 9.53 Å². The Morgan fingerprint density at radius 3 is 2.76 bits per heavy atom. The van der Waals surface area contributed by atoms with E-state index in [9.17, 15) is 4.79 Å². The summed E-state index contributed by atoms with van der Waals surface area (Å²) in [5.74, 6) is 0.545. The molecule has 1 aromatic heterocycles. The number of ether oxygens (including phenoxy) is 1. The van der Waals surface area contributed by atoms with E-state index in [1.807, 2.05) is 0 Å². The fourth-order valence-electron chi connectivity index (χ4n) is 2.25. The smallest absolute Gasteiger partial charge is 0.207 e. The summed E-state index contributed by atoms with van der Waals surface area (Å²) in [6.45, 7) is 0. The number of rotatable bonds is 3. The number of aryl methyl sites for hydroxylation is 1. The fraction of sp³-hybridized carbons (Fsp3) is 0.538. The Morgan fingerprint density at radius 2 is 2.12 bits per heavy atom. The Hall–Kier alpha value is -1.58. The molecular formula is C13H18N2O2. The van der Waals surface area contributed by atoms with E-state index in [4.69, 9.17) is 4.74 Å². The van der Waals surface area contributed by atoms with Crippen LogP contribution in [0.25, 0.3) is 0 Å². The molecule has 1 heterocycles. The monoisotopic (exact) mass is 234 g/mol. The average molecular weight is 234 g/mol. The quantitative estimate of drug-likeness (QED) is 0.596. The van der Waals surface area contributed by atoms with Gasteiger partial charge in [0.1, 0.15) is 0 Å². The molecule has 1 aliphatic carbocycles. The molecule has 0 unspecified atom stereocenters. The van der Waals surface area contributed by atoms with Crippen LogP contribution >= 0.6 is 0 Å². The maximum absolute atomic E-state index is 12.2. The molecule has 1 saturated carbocycles. The second-order valence-corrected chi connectivity index (χ2v) is 4.41. The third kappa shape index (κ3) is 2.57. The molecule has 0 spiro atoms. The lowest BCUT2D eigenvalue weighted by Gasteiger charge is -2.13. The van der Waals surface area contributed by atoms with Gasteiger partial charge in [0.2, 0.25) is 5.78 Å². The van der Waals surface area contributed by atoms with E-state index in [0.29, 0.717) is 11.4 Å². The van der Waals surface area contributed by atoms with Gasteiger partial charge in [-0.25, -0.2) is 0 Å². The highest BCUT2D eigenvalue weighted by molar-refractivity contribution is 6.05. The summed E-state index contributed by atoms with van der Waals surface area (Å²) >= 11 is 0. The summed E-state index contributed by atoms with van der Waals surface area (Å²) < 4.78 is 6.71. The summed E-state index contributed by atoms with van der Waals surface area (Å²) in [4.78, 5) is 12.2. The van der Waals surface area contributed by atoms with Crippen molar-refractivity contribution in [2.45, 2.75) is 32.1 Å². The largest absolute Gasteiger partial charge is 0.493 e. The number of ketones is 1. The van der Waals surface area contributed by atoms with Crippen LogP contribution < -0.4 is 4.74 Å². The number of hydrogen-bond acceptors (Lipinski definition) is 3. The van der Waals surface area contributed by atoms with E-state index in [2.05, 4.69) is 5.10 Å². The zero-order valence-electron chi connectivity index (χ0n) is 10.4. The van der Waals surface area contributed by atoms with E-state index in [-0.39, 0.29) is 5.78 Å². The molecule has 0 radical (unpaired) electrons. The Kier molecular flexibility index (Phi) is 3.61. The highest BCUT2D eigenvalue weighted by atomic mass is 16.5. The summed E-state index contributed by atoms with van der Waals surface area (Å²) in [7, 11) is 3.32. The maximum Gasteiger partial charge on any atom is 0.207 e. The molecule has 1 fully saturated rings. The van der Waals surface area contributed by atoms with Gasteiger partial charge in [0, 0.05) is 7.05 Å². The topological polar surface area (TPSA) is 44.1 Å². The van der Waals surface area contributed by atoms with Gasteiger partial charge >= 0.3 is 0 Å². The summed E-state index contributed by atoms with van der Waals surface area (Å²) in [6.07, 6.45) is 9.10. The van der Waals surface area contributed by atoms with Crippen molar-refractivity contribution in [3.8, 4) is 5.75 Å². The molecule has 4 nitrogen and oxygen atoms in total. The minimum Gasteiger partial charge on any atom is -0.493 e. The zero-order chi connectivity index (χ0) is 12.3. The first-order valence-electron chi connectivity index (χ1n) is 6.02. The Bertz CT molecular complexity index is 438. The number of carbonyl (C=O) groups excluding carboxylic acids is 1. The van der Waals surface area contributed by atoms with Crippen molar-refractivity contribution in [3.63, 3.8) is 0 Å². The number of aromatic nitrogens is 2. The third-order valence-corrected chi connectivity index (χ3v) is 3.19.